The number of nitrogens with one attached hydrogen (secondary N) is 1. The van der Waals surface area contributed by atoms with Crippen molar-refractivity contribution in [3.05, 3.63) is 17.6 Å². The molecule has 0 fully saturated rings. The van der Waals surface area contributed by atoms with E-state index in [0.29, 0.717) is 0 Å². The van der Waals surface area contributed by atoms with Crippen molar-refractivity contribution in [2.75, 3.05) is 5.73 Å². The van der Waals surface area contributed by atoms with Gasteiger partial charge < -0.3 is 10.7 Å². The number of hydrogen-bond acceptors (Lipinski definition) is 2. The Morgan fingerprint density at radius 2 is 2.44 bits per heavy atom. The van der Waals surface area contributed by atoms with E-state index in [1.54, 1.807) is 11.3 Å². The largest absolute Gasteiger partial charge is 0.396 e. The van der Waals surface area contributed by atoms with Crippen molar-refractivity contribution in [3.8, 4) is 0 Å². The van der Waals surface area contributed by atoms with Crippen LogP contribution in [-0.2, 0) is 0 Å². The summed E-state index contributed by atoms with van der Waals surface area (Å²) in [5.41, 5.74) is 7.58. The Balaban J connectivity index is 2.99. The molecule has 3 heteroatoms. The Kier molecular flexibility index (Phi) is 0.818. The molecule has 2 aromatic rings. The first kappa shape index (κ1) is 4.88. The number of H-pyrrole nitrogens is 1. The van der Waals surface area contributed by atoms with Crippen molar-refractivity contribution in [2.24, 2.45) is 0 Å². The standard InChI is InChI=1S/C6H6N2S/c7-4-3-8-5-1-2-9-6(4)5/h1-3,8H,7H2. The van der Waals surface area contributed by atoms with Gasteiger partial charge in [-0.15, -0.1) is 11.3 Å². The normalized spacial score (nSPS) is 10.7. The van der Waals surface area contributed by atoms with Gasteiger partial charge in [0.15, 0.2) is 0 Å². The lowest BCUT2D eigenvalue weighted by atomic mass is 10.5. The number of thiophene rings is 1. The van der Waals surface area contributed by atoms with E-state index in [-0.39, 0.29) is 0 Å². The molecule has 0 amide bonds. The van der Waals surface area contributed by atoms with E-state index in [9.17, 15) is 0 Å². The van der Waals surface area contributed by atoms with Crippen molar-refractivity contribution in [1.82, 2.24) is 4.98 Å². The van der Waals surface area contributed by atoms with Crippen molar-refractivity contribution in [1.29, 1.82) is 0 Å². The molecule has 0 radical (unpaired) electrons. The van der Waals surface area contributed by atoms with Gasteiger partial charge in [-0.25, -0.2) is 0 Å². The summed E-state index contributed by atoms with van der Waals surface area (Å²) in [6.45, 7) is 0. The molecule has 0 aliphatic rings. The van der Waals surface area contributed by atoms with Crippen LogP contribution in [0.2, 0.25) is 0 Å². The number of aromatic amines is 1. The van der Waals surface area contributed by atoms with Crippen LogP contribution in [0, 0.1) is 0 Å². The van der Waals surface area contributed by atoms with Crippen LogP contribution in [0.15, 0.2) is 17.6 Å². The molecular weight excluding hydrogens is 132 g/mol. The quantitative estimate of drug-likeness (QED) is 0.572. The zero-order chi connectivity index (χ0) is 6.27. The first-order valence-electron chi connectivity index (χ1n) is 2.68. The zero-order valence-corrected chi connectivity index (χ0v) is 5.53. The average molecular weight is 138 g/mol. The second kappa shape index (κ2) is 1.51. The maximum Gasteiger partial charge on any atom is 0.0749 e. The lowest BCUT2D eigenvalue weighted by molar-refractivity contribution is 1.48. The summed E-state index contributed by atoms with van der Waals surface area (Å²) in [7, 11) is 0. The van der Waals surface area contributed by atoms with Crippen molar-refractivity contribution in [3.63, 3.8) is 0 Å². The lowest BCUT2D eigenvalue weighted by Gasteiger charge is -1.76. The number of fused-ring (bicyclic) bond motifs is 1. The smallest absolute Gasteiger partial charge is 0.0749 e. The molecule has 0 aliphatic heterocycles. The highest BCUT2D eigenvalue weighted by Crippen LogP contribution is 2.25. The van der Waals surface area contributed by atoms with Gasteiger partial charge in [-0.2, -0.15) is 0 Å². The van der Waals surface area contributed by atoms with Gasteiger partial charge in [-0.1, -0.05) is 0 Å². The van der Waals surface area contributed by atoms with Crippen LogP contribution in [0.25, 0.3) is 10.2 Å². The molecule has 0 aromatic carbocycles. The molecule has 2 aromatic heterocycles. The van der Waals surface area contributed by atoms with Crippen LogP contribution < -0.4 is 5.73 Å². The van der Waals surface area contributed by atoms with Crippen LogP contribution in [0.1, 0.15) is 0 Å². The predicted octanol–water partition coefficient (Wildman–Crippen LogP) is 1.81. The molecule has 0 spiro atoms. The minimum Gasteiger partial charge on any atom is -0.396 e. The third kappa shape index (κ3) is 0.549. The summed E-state index contributed by atoms with van der Waals surface area (Å²) in [5.74, 6) is 0. The Hall–Kier alpha value is -0.960. The molecule has 2 nitrogen and oxygen atoms in total. The summed E-state index contributed by atoms with van der Waals surface area (Å²) in [4.78, 5) is 3.05. The average Bonchev–Trinajstić information content (AvgIpc) is 2.35. The van der Waals surface area contributed by atoms with E-state index >= 15 is 0 Å². The molecule has 2 rings (SSSR count). The molecule has 0 atom stereocenters. The van der Waals surface area contributed by atoms with Gasteiger partial charge in [-0.05, 0) is 11.4 Å². The number of rotatable bonds is 0. The summed E-state index contributed by atoms with van der Waals surface area (Å²) < 4.78 is 1.16. The molecule has 0 unspecified atom stereocenters. The van der Waals surface area contributed by atoms with Gasteiger partial charge in [0.25, 0.3) is 0 Å². The number of nitrogens with two attached hydrogens (primary N) is 1. The molecule has 0 saturated carbocycles. The monoisotopic (exact) mass is 138 g/mol. The van der Waals surface area contributed by atoms with Crippen molar-refractivity contribution in [2.45, 2.75) is 0 Å². The van der Waals surface area contributed by atoms with Crippen LogP contribution in [0.5, 0.6) is 0 Å². The molecule has 2 heterocycles. The topological polar surface area (TPSA) is 41.8 Å². The van der Waals surface area contributed by atoms with Crippen LogP contribution in [0.4, 0.5) is 5.69 Å². The van der Waals surface area contributed by atoms with Crippen LogP contribution in [-0.4, -0.2) is 4.98 Å². The zero-order valence-electron chi connectivity index (χ0n) is 4.72. The fourth-order valence-corrected chi connectivity index (χ4v) is 1.66. The van der Waals surface area contributed by atoms with E-state index in [0.717, 1.165) is 15.9 Å². The lowest BCUT2D eigenvalue weighted by Crippen LogP contribution is -1.76. The van der Waals surface area contributed by atoms with Crippen LogP contribution >= 0.6 is 11.3 Å². The maximum atomic E-state index is 5.60. The van der Waals surface area contributed by atoms with Crippen LogP contribution in [0.3, 0.4) is 0 Å². The molecule has 0 saturated heterocycles. The van der Waals surface area contributed by atoms with E-state index in [4.69, 9.17) is 5.73 Å². The van der Waals surface area contributed by atoms with E-state index < -0.39 is 0 Å². The van der Waals surface area contributed by atoms with Gasteiger partial charge >= 0.3 is 0 Å². The Morgan fingerprint density at radius 3 is 3.22 bits per heavy atom. The Morgan fingerprint density at radius 1 is 1.56 bits per heavy atom. The van der Waals surface area contributed by atoms with Crippen molar-refractivity contribution < 1.29 is 0 Å². The molecule has 0 bridgehead atoms. The molecule has 9 heavy (non-hydrogen) atoms. The summed E-state index contributed by atoms with van der Waals surface area (Å²) in [5, 5.41) is 2.03. The first-order chi connectivity index (χ1) is 4.38. The molecule has 46 valence electrons. The molecule has 3 N–H and O–H groups in total. The van der Waals surface area contributed by atoms with E-state index in [1.807, 2.05) is 17.6 Å². The minimum atomic E-state index is 0.847. The fourth-order valence-electron chi connectivity index (χ4n) is 0.868. The van der Waals surface area contributed by atoms with Gasteiger partial charge in [0.1, 0.15) is 0 Å². The summed E-state index contributed by atoms with van der Waals surface area (Å²) in [6.07, 6.45) is 1.82. The van der Waals surface area contributed by atoms with Crippen molar-refractivity contribution >= 4 is 27.2 Å². The predicted molar refractivity (Wildman–Crippen MR) is 40.6 cm³/mol. The first-order valence-corrected chi connectivity index (χ1v) is 3.56. The highest BCUT2D eigenvalue weighted by Gasteiger charge is 1.97. The fraction of sp³-hybridized carbons (Fsp3) is 0. The maximum absolute atomic E-state index is 5.60. The molecular formula is C6H6N2S. The highest BCUT2D eigenvalue weighted by atomic mass is 32.1. The second-order valence-electron chi connectivity index (χ2n) is 1.91. The van der Waals surface area contributed by atoms with Gasteiger partial charge in [-0.3, -0.25) is 0 Å². The van der Waals surface area contributed by atoms with E-state index in [2.05, 4.69) is 4.98 Å². The number of hydrogen-bond donors (Lipinski definition) is 2. The summed E-state index contributed by atoms with van der Waals surface area (Å²) >= 11 is 1.66. The number of nitrogen functional groups attached to an aromatic ring is 1. The van der Waals surface area contributed by atoms with Gasteiger partial charge in [0.05, 0.1) is 15.9 Å². The third-order valence-electron chi connectivity index (χ3n) is 1.31. The van der Waals surface area contributed by atoms with Gasteiger partial charge in [0.2, 0.25) is 0 Å². The molecule has 0 aliphatic carbocycles. The number of aromatic nitrogens is 1. The number of anilines is 1. The van der Waals surface area contributed by atoms with E-state index in [1.165, 1.54) is 0 Å². The second-order valence-corrected chi connectivity index (χ2v) is 2.82. The highest BCUT2D eigenvalue weighted by molar-refractivity contribution is 7.17. The third-order valence-corrected chi connectivity index (χ3v) is 2.27. The SMILES string of the molecule is Nc1c[nH]c2ccsc12. The summed E-state index contributed by atoms with van der Waals surface area (Å²) in [6, 6.07) is 2.02. The Bertz CT molecular complexity index is 320. The Labute approximate surface area is 56.3 Å². The minimum absolute atomic E-state index is 0.847. The van der Waals surface area contributed by atoms with Gasteiger partial charge in [0, 0.05) is 6.20 Å².